The van der Waals surface area contributed by atoms with E-state index in [0.29, 0.717) is 0 Å². The standard InChI is InChI=1S/C9H17BO/c1-4-7(3)6-8(5-2)9(10)11/h8-9,11H,3-6H2,1-2H3. The number of hydrogen-bond acceptors (Lipinski definition) is 1. The second-order valence-electron chi connectivity index (χ2n) is 2.97. The Bertz CT molecular complexity index is 121. The van der Waals surface area contributed by atoms with Crippen LogP contribution in [0.3, 0.4) is 0 Å². The lowest BCUT2D eigenvalue weighted by molar-refractivity contribution is 0.179. The zero-order chi connectivity index (χ0) is 8.85. The number of hydrogen-bond donors (Lipinski definition) is 1. The van der Waals surface area contributed by atoms with Gasteiger partial charge in [-0.2, -0.15) is 0 Å². The number of aliphatic hydroxyl groups is 1. The Kier molecular flexibility index (Phi) is 5.30. The van der Waals surface area contributed by atoms with Crippen molar-refractivity contribution in [2.24, 2.45) is 5.92 Å². The first-order valence-electron chi connectivity index (χ1n) is 4.22. The van der Waals surface area contributed by atoms with Crippen LogP contribution < -0.4 is 0 Å². The SMILES string of the molecule is [B]C(O)C(CC)CC(=C)CC. The van der Waals surface area contributed by atoms with Crippen molar-refractivity contribution in [3.05, 3.63) is 12.2 Å². The normalized spacial score (nSPS) is 15.9. The van der Waals surface area contributed by atoms with E-state index in [9.17, 15) is 0 Å². The first kappa shape index (κ1) is 10.8. The Hall–Kier alpha value is -0.235. The van der Waals surface area contributed by atoms with E-state index in [1.54, 1.807) is 0 Å². The summed E-state index contributed by atoms with van der Waals surface area (Å²) < 4.78 is 0. The minimum Gasteiger partial charge on any atom is -0.403 e. The molecule has 0 bridgehead atoms. The lowest BCUT2D eigenvalue weighted by atomic mass is 9.81. The summed E-state index contributed by atoms with van der Waals surface area (Å²) in [7, 11) is 5.36. The van der Waals surface area contributed by atoms with Crippen LogP contribution in [0.1, 0.15) is 33.1 Å². The average Bonchev–Trinajstić information content (AvgIpc) is 1.99. The Balaban J connectivity index is 3.78. The summed E-state index contributed by atoms with van der Waals surface area (Å²) in [6.07, 6.45) is 2.74. The van der Waals surface area contributed by atoms with E-state index in [2.05, 4.69) is 13.5 Å². The molecule has 0 heterocycles. The molecular weight excluding hydrogens is 135 g/mol. The third-order valence-electron chi connectivity index (χ3n) is 2.06. The smallest absolute Gasteiger partial charge is 0.108 e. The van der Waals surface area contributed by atoms with Crippen molar-refractivity contribution in [3.63, 3.8) is 0 Å². The summed E-state index contributed by atoms with van der Waals surface area (Å²) in [4.78, 5) is 0. The lowest BCUT2D eigenvalue weighted by Gasteiger charge is -2.18. The molecule has 11 heavy (non-hydrogen) atoms. The highest BCUT2D eigenvalue weighted by molar-refractivity contribution is 6.10. The maximum atomic E-state index is 9.09. The maximum Gasteiger partial charge on any atom is 0.108 e. The molecule has 0 aliphatic rings. The van der Waals surface area contributed by atoms with E-state index >= 15 is 0 Å². The highest BCUT2D eigenvalue weighted by Gasteiger charge is 2.12. The van der Waals surface area contributed by atoms with Gasteiger partial charge in [-0.1, -0.05) is 32.4 Å². The molecule has 0 amide bonds. The number of aliphatic hydroxyl groups excluding tert-OH is 1. The van der Waals surface area contributed by atoms with Crippen LogP contribution in [0, 0.1) is 5.92 Å². The summed E-state index contributed by atoms with van der Waals surface area (Å²) in [6.45, 7) is 7.98. The number of rotatable bonds is 5. The molecule has 2 heteroatoms. The molecule has 1 nitrogen and oxygen atoms in total. The van der Waals surface area contributed by atoms with Gasteiger partial charge < -0.3 is 5.11 Å². The quantitative estimate of drug-likeness (QED) is 0.470. The van der Waals surface area contributed by atoms with Gasteiger partial charge in [-0.15, -0.1) is 0 Å². The lowest BCUT2D eigenvalue weighted by Crippen LogP contribution is -2.19. The second-order valence-corrected chi connectivity index (χ2v) is 2.97. The largest absolute Gasteiger partial charge is 0.403 e. The van der Waals surface area contributed by atoms with Gasteiger partial charge in [-0.25, -0.2) is 0 Å². The third kappa shape index (κ3) is 4.25. The van der Waals surface area contributed by atoms with Gasteiger partial charge in [0.1, 0.15) is 7.85 Å². The molecule has 0 saturated carbocycles. The van der Waals surface area contributed by atoms with Gasteiger partial charge >= 0.3 is 0 Å². The second kappa shape index (κ2) is 5.42. The molecule has 0 spiro atoms. The van der Waals surface area contributed by atoms with Gasteiger partial charge in [0.05, 0.1) is 0 Å². The van der Waals surface area contributed by atoms with Crippen molar-refractivity contribution in [2.75, 3.05) is 0 Å². The van der Waals surface area contributed by atoms with Crippen LogP contribution in [0.4, 0.5) is 0 Å². The fourth-order valence-corrected chi connectivity index (χ4v) is 1.02. The van der Waals surface area contributed by atoms with Crippen molar-refractivity contribution >= 4 is 7.85 Å². The first-order chi connectivity index (χ1) is 5.11. The van der Waals surface area contributed by atoms with Crippen molar-refractivity contribution in [3.8, 4) is 0 Å². The van der Waals surface area contributed by atoms with Crippen LogP contribution in [-0.2, 0) is 0 Å². The van der Waals surface area contributed by atoms with E-state index in [1.807, 2.05) is 6.92 Å². The minimum absolute atomic E-state index is 0.183. The molecule has 0 saturated heterocycles. The van der Waals surface area contributed by atoms with Gasteiger partial charge in [-0.3, -0.25) is 0 Å². The third-order valence-corrected chi connectivity index (χ3v) is 2.06. The molecule has 0 rings (SSSR count). The predicted molar refractivity (Wildman–Crippen MR) is 49.6 cm³/mol. The Morgan fingerprint density at radius 1 is 1.55 bits per heavy atom. The van der Waals surface area contributed by atoms with E-state index in [4.69, 9.17) is 13.0 Å². The summed E-state index contributed by atoms with van der Waals surface area (Å²) in [5.74, 6) is 0.183. The number of allylic oxidation sites excluding steroid dienone is 1. The van der Waals surface area contributed by atoms with E-state index in [1.165, 1.54) is 5.57 Å². The van der Waals surface area contributed by atoms with Crippen LogP contribution in [0.2, 0.25) is 0 Å². The fourth-order valence-electron chi connectivity index (χ4n) is 1.02. The van der Waals surface area contributed by atoms with Crippen LogP contribution in [0.5, 0.6) is 0 Å². The summed E-state index contributed by atoms with van der Waals surface area (Å²) in [5, 5.41) is 9.09. The molecule has 1 N–H and O–H groups in total. The van der Waals surface area contributed by atoms with Gasteiger partial charge in [0.15, 0.2) is 0 Å². The topological polar surface area (TPSA) is 20.2 Å². The van der Waals surface area contributed by atoms with Gasteiger partial charge in [-0.05, 0) is 18.8 Å². The van der Waals surface area contributed by atoms with Crippen LogP contribution >= 0.6 is 0 Å². The summed E-state index contributed by atoms with van der Waals surface area (Å²) in [6, 6.07) is -0.691. The zero-order valence-corrected chi connectivity index (χ0v) is 7.51. The molecule has 0 aromatic heterocycles. The Labute approximate surface area is 70.9 Å². The van der Waals surface area contributed by atoms with E-state index in [-0.39, 0.29) is 5.92 Å². The van der Waals surface area contributed by atoms with E-state index in [0.717, 1.165) is 19.3 Å². The van der Waals surface area contributed by atoms with Crippen LogP contribution in [0.15, 0.2) is 12.2 Å². The van der Waals surface area contributed by atoms with Gasteiger partial charge in [0, 0.05) is 6.00 Å². The molecule has 0 aromatic rings. The first-order valence-corrected chi connectivity index (χ1v) is 4.22. The molecule has 0 fully saturated rings. The van der Waals surface area contributed by atoms with Gasteiger partial charge in [0.25, 0.3) is 0 Å². The minimum atomic E-state index is -0.691. The molecule has 2 unspecified atom stereocenters. The Morgan fingerprint density at radius 3 is 2.36 bits per heavy atom. The van der Waals surface area contributed by atoms with Crippen LogP contribution in [-0.4, -0.2) is 19.0 Å². The van der Waals surface area contributed by atoms with Gasteiger partial charge in [0.2, 0.25) is 0 Å². The fraction of sp³-hybridized carbons (Fsp3) is 0.778. The summed E-state index contributed by atoms with van der Waals surface area (Å²) >= 11 is 0. The van der Waals surface area contributed by atoms with Crippen molar-refractivity contribution < 1.29 is 5.11 Å². The van der Waals surface area contributed by atoms with E-state index < -0.39 is 6.00 Å². The zero-order valence-electron chi connectivity index (χ0n) is 7.51. The highest BCUT2D eigenvalue weighted by atomic mass is 16.3. The van der Waals surface area contributed by atoms with Crippen molar-refractivity contribution in [1.29, 1.82) is 0 Å². The molecular formula is C9H17BO. The average molecular weight is 152 g/mol. The monoisotopic (exact) mass is 152 g/mol. The highest BCUT2D eigenvalue weighted by Crippen LogP contribution is 2.18. The van der Waals surface area contributed by atoms with Crippen LogP contribution in [0.25, 0.3) is 0 Å². The van der Waals surface area contributed by atoms with Crippen molar-refractivity contribution in [1.82, 2.24) is 0 Å². The molecule has 0 aromatic carbocycles. The molecule has 0 aliphatic heterocycles. The molecule has 62 valence electrons. The van der Waals surface area contributed by atoms with Crippen molar-refractivity contribution in [2.45, 2.75) is 39.1 Å². The Morgan fingerprint density at radius 2 is 2.09 bits per heavy atom. The maximum absolute atomic E-state index is 9.09. The predicted octanol–water partition coefficient (Wildman–Crippen LogP) is 1.86. The molecule has 2 radical (unpaired) electrons. The molecule has 2 atom stereocenters. The molecule has 0 aliphatic carbocycles. The summed E-state index contributed by atoms with van der Waals surface area (Å²) in [5.41, 5.74) is 1.17.